The van der Waals surface area contributed by atoms with Crippen LogP contribution in [0.4, 0.5) is 17.1 Å². The van der Waals surface area contributed by atoms with Gasteiger partial charge in [0.15, 0.2) is 0 Å². The number of nitrogens with zero attached hydrogens (tertiary/aromatic N) is 1. The highest BCUT2D eigenvalue weighted by Gasteiger charge is 2.19. The lowest BCUT2D eigenvalue weighted by atomic mass is 9.97. The summed E-state index contributed by atoms with van der Waals surface area (Å²) in [5, 5.41) is 3.80. The SMILES string of the molecule is [2H]c1c([2H])c(N(c2ccccc2-c2ccc3c(ccc4c5ccccc5oc34)c2)c2c([2H])c([2H])c(-c3ccc(-c4ccccc4)cc3)c([2H])c2[2H])c([2H])c([2H])c1-c1ccccc1. The molecule has 1 aromatic heterocycles. The first-order valence-electron chi connectivity index (χ1n) is 21.8. The molecule has 0 saturated carbocycles. The number of hydrogen-bond acceptors (Lipinski definition) is 2. The predicted octanol–water partition coefficient (Wildman–Crippen LogP) is 14.9. The summed E-state index contributed by atoms with van der Waals surface area (Å²) in [7, 11) is 0. The predicted molar refractivity (Wildman–Crippen MR) is 228 cm³/mol. The standard InChI is InChI=1S/C52H35NO/c1-3-11-36(12-4-1)38-19-21-39(22-20-38)41-25-31-45(32-26-41)53(44-29-23-40(24-30-44)37-13-5-2-6-14-37)50-17-9-7-15-46(50)42-27-33-47-43(35-42)28-34-49-48-16-8-10-18-51(48)54-52(47)49/h1-35H/i23D,24D,25D,26D,29D,30D,31D,32D. The second-order valence-corrected chi connectivity index (χ2v) is 13.1. The molecule has 0 fully saturated rings. The van der Waals surface area contributed by atoms with E-state index >= 15 is 0 Å². The Morgan fingerprint density at radius 3 is 1.54 bits per heavy atom. The molecule has 54 heavy (non-hydrogen) atoms. The van der Waals surface area contributed by atoms with Crippen LogP contribution < -0.4 is 4.90 Å². The fourth-order valence-corrected chi connectivity index (χ4v) is 7.13. The van der Waals surface area contributed by atoms with E-state index in [0.717, 1.165) is 49.4 Å². The maximum atomic E-state index is 9.60. The van der Waals surface area contributed by atoms with E-state index in [0.29, 0.717) is 22.4 Å². The zero-order chi connectivity index (χ0) is 42.8. The van der Waals surface area contributed by atoms with Gasteiger partial charge >= 0.3 is 0 Å². The molecule has 2 nitrogen and oxygen atoms in total. The highest BCUT2D eigenvalue weighted by molar-refractivity contribution is 6.15. The normalized spacial score (nSPS) is 13.4. The molecule has 1 heterocycles. The Hall–Kier alpha value is -7.16. The molecule has 0 bridgehead atoms. The van der Waals surface area contributed by atoms with Crippen LogP contribution in [0.1, 0.15) is 11.0 Å². The topological polar surface area (TPSA) is 16.4 Å². The van der Waals surface area contributed by atoms with Gasteiger partial charge in [-0.1, -0.05) is 158 Å². The molecule has 10 aromatic rings. The third-order valence-corrected chi connectivity index (χ3v) is 9.83. The van der Waals surface area contributed by atoms with Crippen molar-refractivity contribution in [3.63, 3.8) is 0 Å². The minimum atomic E-state index is -0.405. The first kappa shape index (κ1) is 24.2. The molecular formula is C52H35NO. The Morgan fingerprint density at radius 1 is 0.370 bits per heavy atom. The summed E-state index contributed by atoms with van der Waals surface area (Å²) in [5.74, 6) is 0. The van der Waals surface area contributed by atoms with E-state index in [1.807, 2.05) is 115 Å². The number of hydrogen-bond donors (Lipinski definition) is 0. The van der Waals surface area contributed by atoms with Crippen LogP contribution in [0, 0.1) is 0 Å². The number of anilines is 3. The summed E-state index contributed by atoms with van der Waals surface area (Å²) in [6, 6.07) is 48.2. The van der Waals surface area contributed by atoms with Crippen molar-refractivity contribution in [2.45, 2.75) is 0 Å². The van der Waals surface area contributed by atoms with Crippen molar-refractivity contribution in [3.8, 4) is 44.5 Å². The second kappa shape index (κ2) is 13.4. The Labute approximate surface area is 326 Å². The third kappa shape index (κ3) is 5.71. The van der Waals surface area contributed by atoms with Crippen molar-refractivity contribution in [2.24, 2.45) is 0 Å². The van der Waals surface area contributed by atoms with E-state index in [2.05, 4.69) is 0 Å². The zero-order valence-electron chi connectivity index (χ0n) is 36.9. The van der Waals surface area contributed by atoms with Gasteiger partial charge in [-0.15, -0.1) is 0 Å². The highest BCUT2D eigenvalue weighted by atomic mass is 16.3. The Kier molecular flexibility index (Phi) is 6.01. The molecule has 0 unspecified atom stereocenters. The maximum Gasteiger partial charge on any atom is 0.143 e. The number of rotatable bonds is 7. The molecule has 10 rings (SSSR count). The van der Waals surface area contributed by atoms with Gasteiger partial charge in [0.05, 0.1) is 16.7 Å². The van der Waals surface area contributed by atoms with Crippen LogP contribution in [0.15, 0.2) is 217 Å². The third-order valence-electron chi connectivity index (χ3n) is 9.83. The molecule has 2 heteroatoms. The molecule has 0 saturated heterocycles. The van der Waals surface area contributed by atoms with E-state index < -0.39 is 24.2 Å². The van der Waals surface area contributed by atoms with Gasteiger partial charge in [0.2, 0.25) is 0 Å². The van der Waals surface area contributed by atoms with Crippen LogP contribution in [-0.4, -0.2) is 0 Å². The minimum absolute atomic E-state index is 0.0991. The first-order valence-corrected chi connectivity index (χ1v) is 17.8. The van der Waals surface area contributed by atoms with Gasteiger partial charge in [0, 0.05) is 33.1 Å². The van der Waals surface area contributed by atoms with Crippen molar-refractivity contribution in [2.75, 3.05) is 4.90 Å². The lowest BCUT2D eigenvalue weighted by molar-refractivity contribution is 0.672. The van der Waals surface area contributed by atoms with Crippen LogP contribution in [0.5, 0.6) is 0 Å². The lowest BCUT2D eigenvalue weighted by Gasteiger charge is -2.28. The summed E-state index contributed by atoms with van der Waals surface area (Å²) in [4.78, 5) is 1.38. The van der Waals surface area contributed by atoms with Crippen LogP contribution in [0.3, 0.4) is 0 Å². The summed E-state index contributed by atoms with van der Waals surface area (Å²) < 4.78 is 81.9. The van der Waals surface area contributed by atoms with Crippen LogP contribution in [-0.2, 0) is 0 Å². The van der Waals surface area contributed by atoms with Crippen molar-refractivity contribution >= 4 is 49.8 Å². The molecule has 0 atom stereocenters. The number of fused-ring (bicyclic) bond motifs is 5. The number of benzene rings is 9. The van der Waals surface area contributed by atoms with E-state index in [4.69, 9.17) is 4.42 Å². The largest absolute Gasteiger partial charge is 0.455 e. The molecule has 0 aliphatic rings. The summed E-state index contributed by atoms with van der Waals surface area (Å²) in [6.45, 7) is 0. The maximum absolute atomic E-state index is 9.60. The fraction of sp³-hybridized carbons (Fsp3) is 0. The van der Waals surface area contributed by atoms with E-state index in [1.165, 1.54) is 4.90 Å². The van der Waals surface area contributed by atoms with Crippen LogP contribution >= 0.6 is 0 Å². The average Bonchev–Trinajstić information content (AvgIpc) is 3.70. The second-order valence-electron chi connectivity index (χ2n) is 13.1. The molecular weight excluding hydrogens is 655 g/mol. The molecule has 0 aliphatic heterocycles. The average molecular weight is 698 g/mol. The monoisotopic (exact) mass is 697 g/mol. The van der Waals surface area contributed by atoms with Crippen molar-refractivity contribution in [1.29, 1.82) is 0 Å². The van der Waals surface area contributed by atoms with Gasteiger partial charge < -0.3 is 9.32 Å². The van der Waals surface area contributed by atoms with E-state index in [9.17, 15) is 11.0 Å². The first-order chi connectivity index (χ1) is 30.1. The quantitative estimate of drug-likeness (QED) is 0.165. The smallest absolute Gasteiger partial charge is 0.143 e. The van der Waals surface area contributed by atoms with Gasteiger partial charge in [0.1, 0.15) is 11.2 Å². The van der Waals surface area contributed by atoms with Crippen molar-refractivity contribution < 1.29 is 15.4 Å². The molecule has 0 radical (unpaired) electrons. The summed E-state index contributed by atoms with van der Waals surface area (Å²) in [6.07, 6.45) is 0. The van der Waals surface area contributed by atoms with E-state index in [-0.39, 0.29) is 46.7 Å². The molecule has 0 N–H and O–H groups in total. The Bertz CT molecular complexity index is 3330. The molecule has 0 aliphatic carbocycles. The van der Waals surface area contributed by atoms with E-state index in [1.54, 1.807) is 48.5 Å². The van der Waals surface area contributed by atoms with Gasteiger partial charge in [0.25, 0.3) is 0 Å². The summed E-state index contributed by atoms with van der Waals surface area (Å²) >= 11 is 0. The Balaban J connectivity index is 1.20. The Morgan fingerprint density at radius 2 is 0.870 bits per heavy atom. The zero-order valence-corrected chi connectivity index (χ0v) is 28.9. The number of furan rings is 1. The van der Waals surface area contributed by atoms with Gasteiger partial charge in [-0.3, -0.25) is 0 Å². The molecule has 254 valence electrons. The van der Waals surface area contributed by atoms with Crippen molar-refractivity contribution in [1.82, 2.24) is 0 Å². The summed E-state index contributed by atoms with van der Waals surface area (Å²) in [5.41, 5.74) is 5.92. The fourth-order valence-electron chi connectivity index (χ4n) is 7.13. The lowest BCUT2D eigenvalue weighted by Crippen LogP contribution is -2.11. The van der Waals surface area contributed by atoms with Crippen LogP contribution in [0.2, 0.25) is 0 Å². The van der Waals surface area contributed by atoms with Crippen molar-refractivity contribution in [3.05, 3.63) is 212 Å². The molecule has 9 aromatic carbocycles. The van der Waals surface area contributed by atoms with Crippen LogP contribution in [0.25, 0.3) is 77.2 Å². The molecule has 0 amide bonds. The van der Waals surface area contributed by atoms with Gasteiger partial charge in [-0.05, 0) is 98.8 Å². The highest BCUT2D eigenvalue weighted by Crippen LogP contribution is 2.43. The molecule has 0 spiro atoms. The van der Waals surface area contributed by atoms with Gasteiger partial charge in [-0.25, -0.2) is 0 Å². The van der Waals surface area contributed by atoms with Gasteiger partial charge in [-0.2, -0.15) is 0 Å². The number of para-hydroxylation sites is 2. The minimum Gasteiger partial charge on any atom is -0.455 e.